The number of aromatic nitrogens is 3. The van der Waals surface area contributed by atoms with Gasteiger partial charge in [-0.2, -0.15) is 9.49 Å². The number of fused-ring (bicyclic) bond motifs is 1. The summed E-state index contributed by atoms with van der Waals surface area (Å²) >= 11 is 0. The average Bonchev–Trinajstić information content (AvgIpc) is 3.29. The maximum atomic E-state index is 12.9. The molecule has 128 valence electrons. The Morgan fingerprint density at radius 3 is 3.04 bits per heavy atom. The average molecular weight is 340 g/mol. The molecule has 6 nitrogen and oxygen atoms in total. The minimum Gasteiger partial charge on any atom is -0.376 e. The van der Waals surface area contributed by atoms with E-state index in [1.165, 1.54) is 12.3 Å². The first kappa shape index (κ1) is 15.7. The number of rotatable bonds is 4. The molecule has 0 radical (unpaired) electrons. The minimum absolute atomic E-state index is 0.112. The smallest absolute Gasteiger partial charge is 0.251 e. The normalized spacial score (nSPS) is 17.1. The molecule has 2 aromatic heterocycles. The zero-order valence-corrected chi connectivity index (χ0v) is 13.5. The maximum Gasteiger partial charge on any atom is 0.251 e. The van der Waals surface area contributed by atoms with Gasteiger partial charge in [-0.3, -0.25) is 4.79 Å². The number of hydrogen-bond donors (Lipinski definition) is 1. The second-order valence-corrected chi connectivity index (χ2v) is 6.03. The quantitative estimate of drug-likeness (QED) is 0.741. The molecule has 1 saturated heterocycles. The second kappa shape index (κ2) is 6.60. The van der Waals surface area contributed by atoms with Gasteiger partial charge in [-0.25, -0.2) is 9.67 Å². The van der Waals surface area contributed by atoms with Crippen molar-refractivity contribution in [2.45, 2.75) is 18.9 Å². The van der Waals surface area contributed by atoms with Gasteiger partial charge in [0.15, 0.2) is 0 Å². The van der Waals surface area contributed by atoms with Crippen LogP contribution in [0.15, 0.2) is 42.7 Å². The molecule has 1 amide bonds. The zero-order valence-electron chi connectivity index (χ0n) is 13.5. The third-order valence-corrected chi connectivity index (χ3v) is 4.26. The fraction of sp³-hybridized carbons (Fsp3) is 0.278. The SMILES string of the molecule is O=C(NCC1CCCO1)c1ccc2nn(-c3ccc(F)nc3)cc2c1. The predicted octanol–water partition coefficient (Wildman–Crippen LogP) is 2.47. The summed E-state index contributed by atoms with van der Waals surface area (Å²) in [5.41, 5.74) is 1.98. The van der Waals surface area contributed by atoms with Gasteiger partial charge in [-0.1, -0.05) is 0 Å². The first-order valence-corrected chi connectivity index (χ1v) is 8.20. The molecule has 7 heteroatoms. The van der Waals surface area contributed by atoms with Crippen LogP contribution < -0.4 is 5.32 Å². The molecule has 1 aromatic carbocycles. The molecular weight excluding hydrogens is 323 g/mol. The molecule has 1 aliphatic rings. The lowest BCUT2D eigenvalue weighted by molar-refractivity contribution is 0.0858. The van der Waals surface area contributed by atoms with Crippen molar-refractivity contribution in [2.75, 3.05) is 13.2 Å². The van der Waals surface area contributed by atoms with E-state index in [1.54, 1.807) is 35.1 Å². The molecule has 25 heavy (non-hydrogen) atoms. The van der Waals surface area contributed by atoms with Gasteiger partial charge in [0, 0.05) is 30.3 Å². The van der Waals surface area contributed by atoms with Gasteiger partial charge in [-0.15, -0.1) is 0 Å². The largest absolute Gasteiger partial charge is 0.376 e. The van der Waals surface area contributed by atoms with Gasteiger partial charge in [0.2, 0.25) is 5.95 Å². The lowest BCUT2D eigenvalue weighted by atomic mass is 10.1. The molecule has 3 heterocycles. The molecule has 1 fully saturated rings. The number of halogens is 1. The number of hydrogen-bond acceptors (Lipinski definition) is 4. The Morgan fingerprint density at radius 2 is 2.28 bits per heavy atom. The third kappa shape index (κ3) is 3.36. The van der Waals surface area contributed by atoms with E-state index in [9.17, 15) is 9.18 Å². The van der Waals surface area contributed by atoms with Gasteiger partial charge in [0.1, 0.15) is 0 Å². The van der Waals surface area contributed by atoms with Crippen LogP contribution in [0, 0.1) is 5.95 Å². The van der Waals surface area contributed by atoms with Crippen molar-refractivity contribution in [1.82, 2.24) is 20.1 Å². The zero-order chi connectivity index (χ0) is 17.2. The number of carbonyl (C=O) groups is 1. The van der Waals surface area contributed by atoms with Gasteiger partial charge in [-0.05, 0) is 43.2 Å². The lowest BCUT2D eigenvalue weighted by Gasteiger charge is -2.10. The number of nitrogens with zero attached hydrogens (tertiary/aromatic N) is 3. The van der Waals surface area contributed by atoms with E-state index >= 15 is 0 Å². The van der Waals surface area contributed by atoms with Crippen LogP contribution in [0.4, 0.5) is 4.39 Å². The highest BCUT2D eigenvalue weighted by molar-refractivity contribution is 5.97. The summed E-state index contributed by atoms with van der Waals surface area (Å²) in [4.78, 5) is 15.9. The lowest BCUT2D eigenvalue weighted by Crippen LogP contribution is -2.31. The van der Waals surface area contributed by atoms with Crippen LogP contribution in [-0.4, -0.2) is 39.9 Å². The van der Waals surface area contributed by atoms with Gasteiger partial charge >= 0.3 is 0 Å². The number of carbonyl (C=O) groups excluding carboxylic acids is 1. The van der Waals surface area contributed by atoms with Gasteiger partial charge < -0.3 is 10.1 Å². The fourth-order valence-corrected chi connectivity index (χ4v) is 2.92. The standard InChI is InChI=1S/C18H17FN4O2/c19-17-6-4-14(9-20-17)23-11-13-8-12(3-5-16(13)22-23)18(24)21-10-15-2-1-7-25-15/h3-6,8-9,11,15H,1-2,7,10H2,(H,21,24). The van der Waals surface area contributed by atoms with E-state index in [0.717, 1.165) is 30.4 Å². The Bertz CT molecular complexity index is 901. The summed E-state index contributed by atoms with van der Waals surface area (Å²) in [5.74, 6) is -0.667. The summed E-state index contributed by atoms with van der Waals surface area (Å²) in [7, 11) is 0. The topological polar surface area (TPSA) is 69.0 Å². The van der Waals surface area contributed by atoms with Gasteiger partial charge in [0.05, 0.1) is 23.5 Å². The molecular formula is C18H17FN4O2. The first-order valence-electron chi connectivity index (χ1n) is 8.20. The van der Waals surface area contributed by atoms with E-state index in [-0.39, 0.29) is 12.0 Å². The van der Waals surface area contributed by atoms with Crippen LogP contribution in [0.1, 0.15) is 23.2 Å². The summed E-state index contributed by atoms with van der Waals surface area (Å²) in [6.45, 7) is 1.29. The Labute approximate surface area is 143 Å². The number of nitrogens with one attached hydrogen (secondary N) is 1. The molecule has 0 aliphatic carbocycles. The highest BCUT2D eigenvalue weighted by atomic mass is 19.1. The van der Waals surface area contributed by atoms with E-state index in [1.807, 2.05) is 0 Å². The Morgan fingerprint density at radius 1 is 1.36 bits per heavy atom. The molecule has 1 unspecified atom stereocenters. The fourth-order valence-electron chi connectivity index (χ4n) is 2.92. The monoisotopic (exact) mass is 340 g/mol. The Hall–Kier alpha value is -2.80. The summed E-state index contributed by atoms with van der Waals surface area (Å²) < 4.78 is 20.1. The van der Waals surface area contributed by atoms with E-state index < -0.39 is 5.95 Å². The molecule has 1 N–H and O–H groups in total. The highest BCUT2D eigenvalue weighted by Gasteiger charge is 2.17. The van der Waals surface area contributed by atoms with Crippen molar-refractivity contribution in [2.24, 2.45) is 0 Å². The maximum absolute atomic E-state index is 12.9. The summed E-state index contributed by atoms with van der Waals surface area (Å²) in [5, 5.41) is 8.16. The first-order chi connectivity index (χ1) is 12.2. The van der Waals surface area contributed by atoms with Crippen LogP contribution >= 0.6 is 0 Å². The molecule has 0 spiro atoms. The number of amides is 1. The molecule has 0 saturated carbocycles. The van der Waals surface area contributed by atoms with E-state index in [0.29, 0.717) is 17.8 Å². The summed E-state index contributed by atoms with van der Waals surface area (Å²) in [6.07, 6.45) is 5.35. The van der Waals surface area contributed by atoms with Crippen molar-refractivity contribution in [1.29, 1.82) is 0 Å². The van der Waals surface area contributed by atoms with Crippen LogP contribution in [0.25, 0.3) is 16.6 Å². The van der Waals surface area contributed by atoms with Crippen molar-refractivity contribution < 1.29 is 13.9 Å². The number of pyridine rings is 1. The van der Waals surface area contributed by atoms with Crippen LogP contribution in [0.2, 0.25) is 0 Å². The Kier molecular flexibility index (Phi) is 4.15. The number of ether oxygens (including phenoxy) is 1. The van der Waals surface area contributed by atoms with Crippen LogP contribution in [-0.2, 0) is 4.74 Å². The van der Waals surface area contributed by atoms with Crippen molar-refractivity contribution in [3.05, 3.63) is 54.2 Å². The summed E-state index contributed by atoms with van der Waals surface area (Å²) in [6, 6.07) is 8.22. The molecule has 1 atom stereocenters. The van der Waals surface area contributed by atoms with Crippen molar-refractivity contribution in [3.63, 3.8) is 0 Å². The van der Waals surface area contributed by atoms with Crippen molar-refractivity contribution >= 4 is 16.8 Å². The van der Waals surface area contributed by atoms with Crippen molar-refractivity contribution in [3.8, 4) is 5.69 Å². The number of benzene rings is 1. The van der Waals surface area contributed by atoms with Gasteiger partial charge in [0.25, 0.3) is 5.91 Å². The van der Waals surface area contributed by atoms with E-state index in [4.69, 9.17) is 4.74 Å². The van der Waals surface area contributed by atoms with Crippen LogP contribution in [0.3, 0.4) is 0 Å². The second-order valence-electron chi connectivity index (χ2n) is 6.03. The minimum atomic E-state index is -0.536. The van der Waals surface area contributed by atoms with Crippen LogP contribution in [0.5, 0.6) is 0 Å². The highest BCUT2D eigenvalue weighted by Crippen LogP contribution is 2.18. The van der Waals surface area contributed by atoms with E-state index in [2.05, 4.69) is 15.4 Å². The molecule has 4 rings (SSSR count). The third-order valence-electron chi connectivity index (χ3n) is 4.26. The molecule has 1 aliphatic heterocycles. The molecule has 3 aromatic rings. The predicted molar refractivity (Wildman–Crippen MR) is 90.1 cm³/mol. The Balaban J connectivity index is 1.53. The molecule has 0 bridgehead atoms.